The second-order valence-corrected chi connectivity index (χ2v) is 6.73. The molecule has 0 aliphatic heterocycles. The molecule has 0 aliphatic rings. The van der Waals surface area contributed by atoms with Crippen molar-refractivity contribution in [1.29, 1.82) is 0 Å². The summed E-state index contributed by atoms with van der Waals surface area (Å²) in [6.07, 6.45) is 0.940. The lowest BCUT2D eigenvalue weighted by Crippen LogP contribution is -2.23. The SMILES string of the molecule is CCNC(Cc1nc(C)c(C)s1)c1ccccc1Br. The number of likely N-dealkylation sites (N-methyl/N-ethyl adjacent to an activating group) is 1. The van der Waals surface area contributed by atoms with Gasteiger partial charge in [0, 0.05) is 21.8 Å². The molecule has 102 valence electrons. The van der Waals surface area contributed by atoms with E-state index in [1.165, 1.54) is 15.4 Å². The van der Waals surface area contributed by atoms with Crippen molar-refractivity contribution in [2.75, 3.05) is 6.54 Å². The van der Waals surface area contributed by atoms with Crippen LogP contribution in [0.25, 0.3) is 0 Å². The van der Waals surface area contributed by atoms with Crippen molar-refractivity contribution in [3.63, 3.8) is 0 Å². The van der Waals surface area contributed by atoms with Gasteiger partial charge in [0.25, 0.3) is 0 Å². The number of halogens is 1. The zero-order valence-corrected chi connectivity index (χ0v) is 13.9. The Morgan fingerprint density at radius 3 is 2.63 bits per heavy atom. The minimum Gasteiger partial charge on any atom is -0.310 e. The molecule has 0 bridgehead atoms. The highest BCUT2D eigenvalue weighted by Gasteiger charge is 2.16. The van der Waals surface area contributed by atoms with Crippen LogP contribution in [0.1, 0.15) is 34.1 Å². The van der Waals surface area contributed by atoms with Crippen LogP contribution in [0.4, 0.5) is 0 Å². The third-order valence-corrected chi connectivity index (χ3v) is 5.00. The van der Waals surface area contributed by atoms with Gasteiger partial charge in [0.05, 0.1) is 10.7 Å². The van der Waals surface area contributed by atoms with Crippen LogP contribution in [0.2, 0.25) is 0 Å². The summed E-state index contributed by atoms with van der Waals surface area (Å²) < 4.78 is 1.16. The maximum Gasteiger partial charge on any atom is 0.0949 e. The molecule has 4 heteroatoms. The van der Waals surface area contributed by atoms with Crippen molar-refractivity contribution in [2.45, 2.75) is 33.2 Å². The molecule has 1 atom stereocenters. The highest BCUT2D eigenvalue weighted by molar-refractivity contribution is 9.10. The van der Waals surface area contributed by atoms with E-state index in [1.807, 2.05) is 6.07 Å². The molecule has 0 saturated carbocycles. The standard InChI is InChI=1S/C15H19BrN2S/c1-4-17-14(12-7-5-6-8-13(12)16)9-15-18-10(2)11(3)19-15/h5-8,14,17H,4,9H2,1-3H3. The second kappa shape index (κ2) is 6.64. The number of rotatable bonds is 5. The first-order valence-electron chi connectivity index (χ1n) is 6.52. The highest BCUT2D eigenvalue weighted by atomic mass is 79.9. The largest absolute Gasteiger partial charge is 0.310 e. The summed E-state index contributed by atoms with van der Waals surface area (Å²) in [5.41, 5.74) is 2.46. The van der Waals surface area contributed by atoms with E-state index in [1.54, 1.807) is 11.3 Å². The molecule has 19 heavy (non-hydrogen) atoms. The van der Waals surface area contributed by atoms with Gasteiger partial charge in [-0.3, -0.25) is 0 Å². The minimum absolute atomic E-state index is 0.311. The van der Waals surface area contributed by atoms with Crippen LogP contribution in [0.15, 0.2) is 28.7 Å². The molecule has 1 aromatic heterocycles. The molecule has 0 radical (unpaired) electrons. The van der Waals surface area contributed by atoms with Crippen LogP contribution in [0, 0.1) is 13.8 Å². The fourth-order valence-electron chi connectivity index (χ4n) is 2.10. The Morgan fingerprint density at radius 1 is 1.32 bits per heavy atom. The summed E-state index contributed by atoms with van der Waals surface area (Å²) >= 11 is 5.45. The Morgan fingerprint density at radius 2 is 2.05 bits per heavy atom. The summed E-state index contributed by atoms with van der Waals surface area (Å²) in [6.45, 7) is 7.31. The normalized spacial score (nSPS) is 12.6. The van der Waals surface area contributed by atoms with E-state index >= 15 is 0 Å². The molecular formula is C15H19BrN2S. The van der Waals surface area contributed by atoms with E-state index in [0.29, 0.717) is 6.04 Å². The first kappa shape index (κ1) is 14.7. The third-order valence-electron chi connectivity index (χ3n) is 3.18. The van der Waals surface area contributed by atoms with Gasteiger partial charge in [-0.15, -0.1) is 11.3 Å². The Labute approximate surface area is 127 Å². The summed E-state index contributed by atoms with van der Waals surface area (Å²) in [6, 6.07) is 8.71. The van der Waals surface area contributed by atoms with Gasteiger partial charge in [-0.1, -0.05) is 41.1 Å². The predicted molar refractivity (Wildman–Crippen MR) is 85.9 cm³/mol. The van der Waals surface area contributed by atoms with Gasteiger partial charge in [0.1, 0.15) is 0 Å². The minimum atomic E-state index is 0.311. The lowest BCUT2D eigenvalue weighted by molar-refractivity contribution is 0.546. The first-order valence-corrected chi connectivity index (χ1v) is 8.13. The number of aromatic nitrogens is 1. The van der Waals surface area contributed by atoms with Crippen molar-refractivity contribution in [3.05, 3.63) is 49.9 Å². The lowest BCUT2D eigenvalue weighted by Gasteiger charge is -2.18. The summed E-state index contributed by atoms with van der Waals surface area (Å²) in [4.78, 5) is 5.97. The molecule has 1 aromatic carbocycles. The van der Waals surface area contributed by atoms with E-state index < -0.39 is 0 Å². The zero-order chi connectivity index (χ0) is 13.8. The molecule has 2 nitrogen and oxygen atoms in total. The number of hydrogen-bond donors (Lipinski definition) is 1. The van der Waals surface area contributed by atoms with Crippen LogP contribution >= 0.6 is 27.3 Å². The zero-order valence-electron chi connectivity index (χ0n) is 11.5. The Balaban J connectivity index is 2.23. The van der Waals surface area contributed by atoms with Gasteiger partial charge < -0.3 is 5.32 Å². The quantitative estimate of drug-likeness (QED) is 0.872. The molecule has 1 N–H and O–H groups in total. The van der Waals surface area contributed by atoms with Gasteiger partial charge >= 0.3 is 0 Å². The summed E-state index contributed by atoms with van der Waals surface area (Å²) in [5.74, 6) is 0. The Kier molecular flexibility index (Phi) is 5.13. The predicted octanol–water partition coefficient (Wildman–Crippen LogP) is 4.42. The first-order chi connectivity index (χ1) is 9.11. The molecule has 0 amide bonds. The van der Waals surface area contributed by atoms with Crippen molar-refractivity contribution >= 4 is 27.3 Å². The topological polar surface area (TPSA) is 24.9 Å². The van der Waals surface area contributed by atoms with Crippen molar-refractivity contribution in [1.82, 2.24) is 10.3 Å². The van der Waals surface area contributed by atoms with Crippen LogP contribution in [0.5, 0.6) is 0 Å². The van der Waals surface area contributed by atoms with E-state index in [2.05, 4.69) is 65.2 Å². The van der Waals surface area contributed by atoms with E-state index in [9.17, 15) is 0 Å². The number of benzene rings is 1. The molecule has 0 saturated heterocycles. The summed E-state index contributed by atoms with van der Waals surface area (Å²) in [7, 11) is 0. The molecule has 0 spiro atoms. The highest BCUT2D eigenvalue weighted by Crippen LogP contribution is 2.28. The average molecular weight is 339 g/mol. The maximum atomic E-state index is 4.65. The van der Waals surface area contributed by atoms with Gasteiger partial charge in [-0.2, -0.15) is 0 Å². The number of nitrogens with one attached hydrogen (secondary N) is 1. The fourth-order valence-corrected chi connectivity index (χ4v) is 3.64. The number of hydrogen-bond acceptors (Lipinski definition) is 3. The van der Waals surface area contributed by atoms with Crippen molar-refractivity contribution in [3.8, 4) is 0 Å². The van der Waals surface area contributed by atoms with Crippen molar-refractivity contribution < 1.29 is 0 Å². The van der Waals surface area contributed by atoms with Crippen LogP contribution in [-0.2, 0) is 6.42 Å². The van der Waals surface area contributed by atoms with E-state index in [0.717, 1.165) is 23.1 Å². The van der Waals surface area contributed by atoms with Gasteiger partial charge in [-0.05, 0) is 32.0 Å². The lowest BCUT2D eigenvalue weighted by atomic mass is 10.0. The Hall–Kier alpha value is -0.710. The average Bonchev–Trinajstić information content (AvgIpc) is 2.68. The summed E-state index contributed by atoms with van der Waals surface area (Å²) in [5, 5.41) is 4.76. The Bertz CT molecular complexity index is 531. The van der Waals surface area contributed by atoms with Crippen LogP contribution < -0.4 is 5.32 Å². The maximum absolute atomic E-state index is 4.65. The number of thiazole rings is 1. The van der Waals surface area contributed by atoms with Crippen LogP contribution in [-0.4, -0.2) is 11.5 Å². The monoisotopic (exact) mass is 338 g/mol. The molecule has 1 heterocycles. The van der Waals surface area contributed by atoms with Crippen LogP contribution in [0.3, 0.4) is 0 Å². The van der Waals surface area contributed by atoms with Gasteiger partial charge in [0.2, 0.25) is 0 Å². The van der Waals surface area contributed by atoms with Gasteiger partial charge in [-0.25, -0.2) is 4.98 Å². The fraction of sp³-hybridized carbons (Fsp3) is 0.400. The molecule has 2 rings (SSSR count). The molecule has 2 aromatic rings. The third kappa shape index (κ3) is 3.65. The number of aryl methyl sites for hydroxylation is 2. The smallest absolute Gasteiger partial charge is 0.0949 e. The van der Waals surface area contributed by atoms with E-state index in [4.69, 9.17) is 0 Å². The molecule has 0 aliphatic carbocycles. The van der Waals surface area contributed by atoms with Crippen molar-refractivity contribution in [2.24, 2.45) is 0 Å². The molecular weight excluding hydrogens is 320 g/mol. The van der Waals surface area contributed by atoms with E-state index in [-0.39, 0.29) is 0 Å². The van der Waals surface area contributed by atoms with Gasteiger partial charge in [0.15, 0.2) is 0 Å². The molecule has 1 unspecified atom stereocenters. The molecule has 0 fully saturated rings. The second-order valence-electron chi connectivity index (χ2n) is 4.59. The number of nitrogens with zero attached hydrogens (tertiary/aromatic N) is 1.